The molecule has 0 aliphatic carbocycles. The van der Waals surface area contributed by atoms with E-state index in [1.54, 1.807) is 17.0 Å². The first-order chi connectivity index (χ1) is 8.99. The van der Waals surface area contributed by atoms with Crippen molar-refractivity contribution in [3.8, 4) is 0 Å². The summed E-state index contributed by atoms with van der Waals surface area (Å²) >= 11 is 5.88. The summed E-state index contributed by atoms with van der Waals surface area (Å²) in [5.74, 6) is -0.873. The average molecular weight is 283 g/mol. The number of nitrogens with zero attached hydrogens (tertiary/aromatic N) is 2. The van der Waals surface area contributed by atoms with Crippen LogP contribution in [-0.2, 0) is 11.2 Å². The summed E-state index contributed by atoms with van der Waals surface area (Å²) in [6.07, 6.45) is 0.823. The van der Waals surface area contributed by atoms with Crippen molar-refractivity contribution in [2.45, 2.75) is 19.8 Å². The molecule has 0 bridgehead atoms. The molecule has 1 fully saturated rings. The molecule has 102 valence electrons. The quantitative estimate of drug-likeness (QED) is 0.856. The second kappa shape index (κ2) is 5.57. The lowest BCUT2D eigenvalue weighted by atomic mass is 9.95. The number of halogens is 1. The lowest BCUT2D eigenvalue weighted by Crippen LogP contribution is -2.50. The van der Waals surface area contributed by atoms with Crippen molar-refractivity contribution in [2.75, 3.05) is 13.1 Å². The van der Waals surface area contributed by atoms with E-state index < -0.39 is 5.97 Å². The van der Waals surface area contributed by atoms with Gasteiger partial charge in [-0.3, -0.25) is 9.59 Å². The molecule has 1 aliphatic rings. The number of pyridine rings is 1. The molecule has 0 saturated carbocycles. The first-order valence-corrected chi connectivity index (χ1v) is 6.55. The minimum Gasteiger partial charge on any atom is -0.481 e. The minimum absolute atomic E-state index is 0.0596. The van der Waals surface area contributed by atoms with Crippen molar-refractivity contribution in [3.05, 3.63) is 28.5 Å². The summed E-state index contributed by atoms with van der Waals surface area (Å²) in [7, 11) is 0. The summed E-state index contributed by atoms with van der Waals surface area (Å²) in [6.45, 7) is 2.93. The fraction of sp³-hybridized carbons (Fsp3) is 0.462. The molecule has 2 rings (SSSR count). The van der Waals surface area contributed by atoms with Gasteiger partial charge >= 0.3 is 5.97 Å². The number of carboxylic acids is 1. The zero-order valence-corrected chi connectivity index (χ0v) is 11.4. The third kappa shape index (κ3) is 3.23. The van der Waals surface area contributed by atoms with Crippen LogP contribution < -0.4 is 0 Å². The van der Waals surface area contributed by atoms with Gasteiger partial charge in [-0.15, -0.1) is 0 Å². The van der Waals surface area contributed by atoms with Crippen LogP contribution in [0.3, 0.4) is 0 Å². The van der Waals surface area contributed by atoms with Crippen LogP contribution in [0.5, 0.6) is 0 Å². The van der Waals surface area contributed by atoms with E-state index in [1.807, 2.05) is 6.92 Å². The van der Waals surface area contributed by atoms with Crippen molar-refractivity contribution in [2.24, 2.45) is 5.92 Å². The van der Waals surface area contributed by atoms with Crippen molar-refractivity contribution >= 4 is 23.5 Å². The Morgan fingerprint density at radius 3 is 2.74 bits per heavy atom. The summed E-state index contributed by atoms with van der Waals surface area (Å²) in [5.41, 5.74) is 1.30. The van der Waals surface area contributed by atoms with Crippen LogP contribution in [0.25, 0.3) is 0 Å². The Morgan fingerprint density at radius 1 is 1.47 bits per heavy atom. The predicted octanol–water partition coefficient (Wildman–Crippen LogP) is 1.84. The Morgan fingerprint density at radius 2 is 2.16 bits per heavy atom. The Labute approximate surface area is 116 Å². The van der Waals surface area contributed by atoms with Crippen LogP contribution in [-0.4, -0.2) is 40.0 Å². The van der Waals surface area contributed by atoms with Gasteiger partial charge in [0.05, 0.1) is 6.42 Å². The number of carbonyl (C=O) groups excluding carboxylic acids is 1. The zero-order valence-electron chi connectivity index (χ0n) is 10.6. The molecule has 0 aromatic carbocycles. The maximum Gasteiger partial charge on any atom is 0.303 e. The molecule has 19 heavy (non-hydrogen) atoms. The number of amides is 1. The molecule has 5 nitrogen and oxygen atoms in total. The highest BCUT2D eigenvalue weighted by atomic mass is 35.5. The third-order valence-corrected chi connectivity index (χ3v) is 3.36. The molecule has 1 aromatic rings. The maximum atomic E-state index is 12.2. The largest absolute Gasteiger partial charge is 0.481 e. The second-order valence-corrected chi connectivity index (χ2v) is 5.08. The molecule has 0 atom stereocenters. The highest BCUT2D eigenvalue weighted by molar-refractivity contribution is 6.29. The van der Waals surface area contributed by atoms with Crippen molar-refractivity contribution < 1.29 is 14.7 Å². The van der Waals surface area contributed by atoms with Crippen molar-refractivity contribution in [3.63, 3.8) is 0 Å². The summed E-state index contributed by atoms with van der Waals surface area (Å²) in [4.78, 5) is 28.5. The number of aromatic nitrogens is 1. The van der Waals surface area contributed by atoms with E-state index in [4.69, 9.17) is 16.7 Å². The van der Waals surface area contributed by atoms with Gasteiger partial charge in [0.1, 0.15) is 5.15 Å². The first-order valence-electron chi connectivity index (χ1n) is 6.17. The van der Waals surface area contributed by atoms with E-state index in [2.05, 4.69) is 4.98 Å². The van der Waals surface area contributed by atoms with Gasteiger partial charge in [-0.05, 0) is 18.6 Å². The Balaban J connectivity index is 2.02. The smallest absolute Gasteiger partial charge is 0.303 e. The number of likely N-dealkylation sites (tertiary alicyclic amines) is 1. The van der Waals surface area contributed by atoms with Crippen LogP contribution in [0.1, 0.15) is 29.4 Å². The molecule has 2 heterocycles. The molecule has 1 amide bonds. The molecular formula is C13H15ClN2O3. The summed E-state index contributed by atoms with van der Waals surface area (Å²) in [5, 5.41) is 8.98. The minimum atomic E-state index is -0.822. The molecule has 1 aromatic heterocycles. The highest BCUT2D eigenvalue weighted by Crippen LogP contribution is 2.22. The molecule has 1 N–H and O–H groups in total. The third-order valence-electron chi connectivity index (χ3n) is 3.16. The maximum absolute atomic E-state index is 12.2. The van der Waals surface area contributed by atoms with Gasteiger partial charge in [0, 0.05) is 30.3 Å². The molecule has 1 aliphatic heterocycles. The molecule has 0 radical (unpaired) electrons. The fourth-order valence-corrected chi connectivity index (χ4v) is 2.38. The number of hydrogen-bond acceptors (Lipinski definition) is 3. The summed E-state index contributed by atoms with van der Waals surface area (Å²) in [6, 6.07) is 3.28. The van der Waals surface area contributed by atoms with Gasteiger partial charge in [-0.2, -0.15) is 0 Å². The molecule has 1 saturated heterocycles. The van der Waals surface area contributed by atoms with Gasteiger partial charge in [0.25, 0.3) is 5.91 Å². The van der Waals surface area contributed by atoms with E-state index in [1.165, 1.54) is 0 Å². The fourth-order valence-electron chi connectivity index (χ4n) is 2.15. The molecular weight excluding hydrogens is 268 g/mol. The lowest BCUT2D eigenvalue weighted by Gasteiger charge is -2.38. The zero-order chi connectivity index (χ0) is 14.0. The Hall–Kier alpha value is -1.62. The number of hydrogen-bond donors (Lipinski definition) is 1. The van der Waals surface area contributed by atoms with Crippen molar-refractivity contribution in [1.82, 2.24) is 9.88 Å². The normalized spacial score (nSPS) is 15.2. The van der Waals surface area contributed by atoms with Crippen LogP contribution in [0.15, 0.2) is 12.1 Å². The Bertz CT molecular complexity index is 513. The van der Waals surface area contributed by atoms with Gasteiger partial charge in [0.2, 0.25) is 0 Å². The topological polar surface area (TPSA) is 70.5 Å². The SMILES string of the molecule is CCc1cc(C(=O)N2CC(CC(=O)O)C2)cc(Cl)n1. The first kappa shape index (κ1) is 13.8. The number of aryl methyl sites for hydroxylation is 1. The number of carbonyl (C=O) groups is 2. The molecule has 6 heteroatoms. The molecule has 0 spiro atoms. The van der Waals surface area contributed by atoms with Gasteiger partial charge in [0.15, 0.2) is 0 Å². The predicted molar refractivity (Wildman–Crippen MR) is 70.3 cm³/mol. The number of rotatable bonds is 4. The number of aliphatic carboxylic acids is 1. The van der Waals surface area contributed by atoms with Gasteiger partial charge in [-0.1, -0.05) is 18.5 Å². The van der Waals surface area contributed by atoms with Gasteiger partial charge < -0.3 is 10.0 Å². The summed E-state index contributed by atoms with van der Waals surface area (Å²) < 4.78 is 0. The second-order valence-electron chi connectivity index (χ2n) is 4.70. The Kier molecular flexibility index (Phi) is 4.04. The van der Waals surface area contributed by atoms with Crippen LogP contribution in [0, 0.1) is 5.92 Å². The highest BCUT2D eigenvalue weighted by Gasteiger charge is 2.32. The van der Waals surface area contributed by atoms with Crippen LogP contribution in [0.4, 0.5) is 0 Å². The van der Waals surface area contributed by atoms with E-state index in [-0.39, 0.29) is 18.2 Å². The lowest BCUT2D eigenvalue weighted by molar-refractivity contribution is -0.139. The van der Waals surface area contributed by atoms with E-state index >= 15 is 0 Å². The van der Waals surface area contributed by atoms with Crippen LogP contribution in [0.2, 0.25) is 5.15 Å². The van der Waals surface area contributed by atoms with E-state index in [0.717, 1.165) is 5.69 Å². The number of carboxylic acid groups (broad SMARTS) is 1. The van der Waals surface area contributed by atoms with Crippen molar-refractivity contribution in [1.29, 1.82) is 0 Å². The van der Waals surface area contributed by atoms with E-state index in [9.17, 15) is 9.59 Å². The van der Waals surface area contributed by atoms with Gasteiger partial charge in [-0.25, -0.2) is 4.98 Å². The monoisotopic (exact) mass is 282 g/mol. The molecule has 0 unspecified atom stereocenters. The average Bonchev–Trinajstić information content (AvgIpc) is 2.31. The van der Waals surface area contributed by atoms with E-state index in [0.29, 0.717) is 30.2 Å². The van der Waals surface area contributed by atoms with Crippen LogP contribution >= 0.6 is 11.6 Å². The standard InChI is InChI=1S/C13H15ClN2O3/c1-2-10-4-9(5-11(14)15-10)13(19)16-6-8(7-16)3-12(17)18/h4-5,8H,2-3,6-7H2,1H3,(H,17,18).